The zero-order valence-electron chi connectivity index (χ0n) is 14.4. The molecule has 3 rings (SSSR count). The van der Waals surface area contributed by atoms with Crippen LogP contribution in [0.3, 0.4) is 0 Å². The number of halogens is 1. The Bertz CT molecular complexity index is 930. The van der Waals surface area contributed by atoms with E-state index >= 15 is 0 Å². The van der Waals surface area contributed by atoms with Gasteiger partial charge >= 0.3 is 0 Å². The Hall–Kier alpha value is -2.22. The minimum atomic E-state index is -3.12. The SMILES string of the molecule is O=C(N[C@H](N[C@@H]1CCS(=O)(=O)C1)C(=O)c1ccccc1)c1ccc(Cl)cc1. The normalized spacial score (nSPS) is 19.4. The Morgan fingerprint density at radius 1 is 1.00 bits per heavy atom. The molecule has 0 aliphatic carbocycles. The van der Waals surface area contributed by atoms with Crippen molar-refractivity contribution in [2.75, 3.05) is 11.5 Å². The summed E-state index contributed by atoms with van der Waals surface area (Å²) in [5.41, 5.74) is 0.776. The Kier molecular flexibility index (Phi) is 5.94. The van der Waals surface area contributed by atoms with Crippen LogP contribution < -0.4 is 10.6 Å². The van der Waals surface area contributed by atoms with Gasteiger partial charge in [-0.05, 0) is 30.7 Å². The van der Waals surface area contributed by atoms with E-state index < -0.39 is 28.0 Å². The lowest BCUT2D eigenvalue weighted by Crippen LogP contribution is -2.54. The first kappa shape index (κ1) is 19.5. The van der Waals surface area contributed by atoms with Crippen molar-refractivity contribution in [1.82, 2.24) is 10.6 Å². The predicted octanol–water partition coefficient (Wildman–Crippen LogP) is 2.06. The van der Waals surface area contributed by atoms with Crippen molar-refractivity contribution in [3.63, 3.8) is 0 Å². The summed E-state index contributed by atoms with van der Waals surface area (Å²) < 4.78 is 23.4. The summed E-state index contributed by atoms with van der Waals surface area (Å²) in [7, 11) is -3.12. The van der Waals surface area contributed by atoms with Crippen molar-refractivity contribution in [3.8, 4) is 0 Å². The van der Waals surface area contributed by atoms with Crippen LogP contribution in [0.25, 0.3) is 0 Å². The zero-order chi connectivity index (χ0) is 19.4. The number of hydrogen-bond acceptors (Lipinski definition) is 5. The van der Waals surface area contributed by atoms with Gasteiger partial charge in [-0.2, -0.15) is 0 Å². The number of carbonyl (C=O) groups is 2. The number of ketones is 1. The second-order valence-corrected chi connectivity index (χ2v) is 9.08. The van der Waals surface area contributed by atoms with Crippen LogP contribution in [0.5, 0.6) is 0 Å². The van der Waals surface area contributed by atoms with Gasteiger partial charge in [0.05, 0.1) is 11.5 Å². The van der Waals surface area contributed by atoms with E-state index in [-0.39, 0.29) is 17.3 Å². The summed E-state index contributed by atoms with van der Waals surface area (Å²) in [4.78, 5) is 25.4. The first-order valence-electron chi connectivity index (χ1n) is 8.46. The number of rotatable bonds is 6. The third-order valence-electron chi connectivity index (χ3n) is 4.34. The summed E-state index contributed by atoms with van der Waals surface area (Å²) in [6.45, 7) is 0. The first-order chi connectivity index (χ1) is 12.8. The molecule has 27 heavy (non-hydrogen) atoms. The average Bonchev–Trinajstić information content (AvgIpc) is 3.00. The first-order valence-corrected chi connectivity index (χ1v) is 10.7. The van der Waals surface area contributed by atoms with E-state index in [4.69, 9.17) is 11.6 Å². The fourth-order valence-electron chi connectivity index (χ4n) is 2.93. The molecule has 1 heterocycles. The molecule has 8 heteroatoms. The Labute approximate surface area is 162 Å². The Morgan fingerprint density at radius 2 is 1.67 bits per heavy atom. The molecule has 1 fully saturated rings. The molecule has 0 bridgehead atoms. The second-order valence-electron chi connectivity index (χ2n) is 6.41. The summed E-state index contributed by atoms with van der Waals surface area (Å²) in [5.74, 6) is -0.763. The van der Waals surface area contributed by atoms with Gasteiger partial charge in [0.2, 0.25) is 0 Å². The van der Waals surface area contributed by atoms with Crippen molar-refractivity contribution < 1.29 is 18.0 Å². The molecule has 1 saturated heterocycles. The van der Waals surface area contributed by atoms with Crippen LogP contribution >= 0.6 is 11.6 Å². The highest BCUT2D eigenvalue weighted by molar-refractivity contribution is 7.91. The molecule has 1 amide bonds. The lowest BCUT2D eigenvalue weighted by Gasteiger charge is -2.22. The van der Waals surface area contributed by atoms with Gasteiger partial charge in [0.25, 0.3) is 5.91 Å². The van der Waals surface area contributed by atoms with Gasteiger partial charge in [-0.25, -0.2) is 8.42 Å². The number of Topliss-reactive ketones (excluding diaryl/α,β-unsaturated/α-hetero) is 1. The fraction of sp³-hybridized carbons (Fsp3) is 0.263. The van der Waals surface area contributed by atoms with Gasteiger partial charge in [-0.3, -0.25) is 14.9 Å². The van der Waals surface area contributed by atoms with Crippen LogP contribution in [0.15, 0.2) is 54.6 Å². The van der Waals surface area contributed by atoms with Gasteiger partial charge in [0, 0.05) is 22.2 Å². The number of carbonyl (C=O) groups excluding carboxylic acids is 2. The van der Waals surface area contributed by atoms with Crippen LogP contribution in [0.1, 0.15) is 27.1 Å². The minimum Gasteiger partial charge on any atom is -0.330 e. The molecule has 2 N–H and O–H groups in total. The number of hydrogen-bond donors (Lipinski definition) is 2. The quantitative estimate of drug-likeness (QED) is 0.565. The van der Waals surface area contributed by atoms with Crippen molar-refractivity contribution in [2.24, 2.45) is 0 Å². The maximum Gasteiger partial charge on any atom is 0.252 e. The molecular formula is C19H19ClN2O4S. The third-order valence-corrected chi connectivity index (χ3v) is 6.36. The molecule has 2 atom stereocenters. The van der Waals surface area contributed by atoms with Crippen LogP contribution in [0, 0.1) is 0 Å². The summed E-state index contributed by atoms with van der Waals surface area (Å²) in [6, 6.07) is 14.4. The molecule has 2 aromatic rings. The van der Waals surface area contributed by atoms with Gasteiger partial charge in [-0.15, -0.1) is 0 Å². The van der Waals surface area contributed by atoms with Crippen molar-refractivity contribution in [1.29, 1.82) is 0 Å². The van der Waals surface area contributed by atoms with Crippen LogP contribution in [-0.2, 0) is 9.84 Å². The predicted molar refractivity (Wildman–Crippen MR) is 104 cm³/mol. The molecule has 142 valence electrons. The van der Waals surface area contributed by atoms with E-state index in [1.54, 1.807) is 54.6 Å². The highest BCUT2D eigenvalue weighted by Crippen LogP contribution is 2.14. The minimum absolute atomic E-state index is 0.0532. The molecule has 1 aliphatic heterocycles. The average molecular weight is 407 g/mol. The smallest absolute Gasteiger partial charge is 0.252 e. The topological polar surface area (TPSA) is 92.3 Å². The maximum absolute atomic E-state index is 12.9. The molecular weight excluding hydrogens is 388 g/mol. The van der Waals surface area contributed by atoms with E-state index in [1.165, 1.54) is 0 Å². The molecule has 0 unspecified atom stereocenters. The lowest BCUT2D eigenvalue weighted by atomic mass is 10.1. The molecule has 0 spiro atoms. The van der Waals surface area contributed by atoms with Crippen molar-refractivity contribution in [3.05, 3.63) is 70.7 Å². The largest absolute Gasteiger partial charge is 0.330 e. The summed E-state index contributed by atoms with van der Waals surface area (Å²) in [6.07, 6.45) is -0.633. The Morgan fingerprint density at radius 3 is 2.26 bits per heavy atom. The van der Waals surface area contributed by atoms with Crippen LogP contribution in [-0.4, -0.2) is 43.8 Å². The van der Waals surface area contributed by atoms with E-state index in [0.29, 0.717) is 22.6 Å². The molecule has 0 radical (unpaired) electrons. The number of nitrogens with one attached hydrogen (secondary N) is 2. The van der Waals surface area contributed by atoms with Gasteiger partial charge in [-0.1, -0.05) is 41.9 Å². The molecule has 0 saturated carbocycles. The van der Waals surface area contributed by atoms with Crippen molar-refractivity contribution >= 4 is 33.1 Å². The fourth-order valence-corrected chi connectivity index (χ4v) is 4.74. The second kappa shape index (κ2) is 8.21. The number of sulfone groups is 1. The van der Waals surface area contributed by atoms with E-state index in [9.17, 15) is 18.0 Å². The monoisotopic (exact) mass is 406 g/mol. The number of benzene rings is 2. The lowest BCUT2D eigenvalue weighted by molar-refractivity contribution is 0.0831. The van der Waals surface area contributed by atoms with Crippen LogP contribution in [0.4, 0.5) is 0 Å². The molecule has 2 aromatic carbocycles. The standard InChI is InChI=1S/C19H19ClN2O4S/c20-15-8-6-14(7-9-15)19(24)22-18(17(23)13-4-2-1-3-5-13)21-16-10-11-27(25,26)12-16/h1-9,16,18,21H,10-12H2,(H,22,24)/t16-,18+/m1/s1. The van der Waals surface area contributed by atoms with Crippen molar-refractivity contribution in [2.45, 2.75) is 18.6 Å². The van der Waals surface area contributed by atoms with Crippen LogP contribution in [0.2, 0.25) is 5.02 Å². The zero-order valence-corrected chi connectivity index (χ0v) is 16.0. The number of amides is 1. The molecule has 6 nitrogen and oxygen atoms in total. The highest BCUT2D eigenvalue weighted by Gasteiger charge is 2.32. The maximum atomic E-state index is 12.9. The molecule has 0 aromatic heterocycles. The van der Waals surface area contributed by atoms with Gasteiger partial charge < -0.3 is 5.32 Å². The Balaban J connectivity index is 1.79. The highest BCUT2D eigenvalue weighted by atomic mass is 35.5. The van der Waals surface area contributed by atoms with E-state index in [1.807, 2.05) is 0 Å². The summed E-state index contributed by atoms with van der Waals surface area (Å²) in [5, 5.41) is 6.16. The van der Waals surface area contributed by atoms with E-state index in [0.717, 1.165) is 0 Å². The third kappa shape index (κ3) is 5.15. The molecule has 1 aliphatic rings. The van der Waals surface area contributed by atoms with Gasteiger partial charge in [0.1, 0.15) is 6.17 Å². The van der Waals surface area contributed by atoms with Gasteiger partial charge in [0.15, 0.2) is 15.6 Å². The van der Waals surface area contributed by atoms with E-state index in [2.05, 4.69) is 10.6 Å². The summed E-state index contributed by atoms with van der Waals surface area (Å²) >= 11 is 5.84.